The van der Waals surface area contributed by atoms with E-state index in [1.807, 2.05) is 6.07 Å². The van der Waals surface area contributed by atoms with Gasteiger partial charge in [-0.3, -0.25) is 9.59 Å². The topological polar surface area (TPSA) is 88.1 Å². The van der Waals surface area contributed by atoms with Crippen molar-refractivity contribution in [2.45, 2.75) is 38.2 Å². The highest BCUT2D eigenvalue weighted by Gasteiger charge is 2.33. The molecule has 2 heterocycles. The third-order valence-corrected chi connectivity index (χ3v) is 6.66. The highest BCUT2D eigenvalue weighted by atomic mass is 19.3. The summed E-state index contributed by atoms with van der Waals surface area (Å²) in [5.41, 5.74) is 2.47. The van der Waals surface area contributed by atoms with Crippen LogP contribution in [0.5, 0.6) is 17.2 Å². The molecule has 0 saturated carbocycles. The summed E-state index contributed by atoms with van der Waals surface area (Å²) in [5.74, 6) is -1.27. The molecule has 2 atom stereocenters. The van der Waals surface area contributed by atoms with Gasteiger partial charge in [-0.2, -0.15) is 0 Å². The van der Waals surface area contributed by atoms with Crippen LogP contribution in [-0.2, 0) is 11.3 Å². The first-order valence-electron chi connectivity index (χ1n) is 11.2. The minimum atomic E-state index is -2.47. The molecule has 2 aliphatic rings. The van der Waals surface area contributed by atoms with Crippen LogP contribution in [0.4, 0.5) is 8.78 Å². The van der Waals surface area contributed by atoms with Crippen LogP contribution in [0.3, 0.4) is 0 Å². The first-order valence-corrected chi connectivity index (χ1v) is 11.2. The summed E-state index contributed by atoms with van der Waals surface area (Å²) >= 11 is 0. The van der Waals surface area contributed by atoms with Crippen molar-refractivity contribution in [2.24, 2.45) is 5.92 Å². The smallest absolute Gasteiger partial charge is 0.251 e. The van der Waals surface area contributed by atoms with Gasteiger partial charge in [0.25, 0.3) is 5.91 Å². The number of nitrogens with zero attached hydrogens (tertiary/aromatic N) is 1. The minimum absolute atomic E-state index is 0.0115. The average molecular weight is 475 g/mol. The fourth-order valence-electron chi connectivity index (χ4n) is 4.83. The standard InChI is InChI=1S/C25H28F2N2O5/c1-33-17-9-20(30)23(21(10-17)34-2)19(14-5-6-18-16(8-14)12-28-25(18)32)11-22(31)29-7-3-4-15(13-29)24(26)27/h5-6,8-10,15,19,24,30H,3-4,7,11-13H2,1-2H3,(H,28,32)/t15-,19-/m1/s1. The van der Waals surface area contributed by atoms with Crippen LogP contribution in [0.25, 0.3) is 0 Å². The molecule has 182 valence electrons. The Kier molecular flexibility index (Phi) is 6.90. The number of fused-ring (bicyclic) bond motifs is 1. The quantitative estimate of drug-likeness (QED) is 0.639. The largest absolute Gasteiger partial charge is 0.507 e. The maximum absolute atomic E-state index is 13.3. The second kappa shape index (κ2) is 9.87. The fourth-order valence-corrected chi connectivity index (χ4v) is 4.83. The van der Waals surface area contributed by atoms with Crippen molar-refractivity contribution in [2.75, 3.05) is 27.3 Å². The van der Waals surface area contributed by atoms with Gasteiger partial charge in [0.1, 0.15) is 17.2 Å². The summed E-state index contributed by atoms with van der Waals surface area (Å²) in [6.07, 6.45) is -1.61. The van der Waals surface area contributed by atoms with Crippen LogP contribution in [0, 0.1) is 5.92 Å². The van der Waals surface area contributed by atoms with E-state index in [9.17, 15) is 23.5 Å². The second-order valence-corrected chi connectivity index (χ2v) is 8.69. The summed E-state index contributed by atoms with van der Waals surface area (Å²) in [5, 5.41) is 13.7. The number of halogens is 2. The third-order valence-electron chi connectivity index (χ3n) is 6.66. The number of alkyl halides is 2. The van der Waals surface area contributed by atoms with E-state index in [1.165, 1.54) is 25.2 Å². The van der Waals surface area contributed by atoms with E-state index >= 15 is 0 Å². The number of piperidine rings is 1. The number of nitrogens with one attached hydrogen (secondary N) is 1. The molecule has 0 aliphatic carbocycles. The lowest BCUT2D eigenvalue weighted by molar-refractivity contribution is -0.134. The molecule has 4 rings (SSSR count). The lowest BCUT2D eigenvalue weighted by atomic mass is 9.85. The molecule has 1 fully saturated rings. The van der Waals surface area contributed by atoms with Crippen molar-refractivity contribution in [3.05, 3.63) is 52.6 Å². The first kappa shape index (κ1) is 23.8. The van der Waals surface area contributed by atoms with E-state index in [1.54, 1.807) is 18.2 Å². The Morgan fingerprint density at radius 2 is 2.03 bits per heavy atom. The Labute approximate surface area is 196 Å². The number of phenols is 1. The number of carbonyl (C=O) groups is 2. The number of benzene rings is 2. The molecule has 2 amide bonds. The summed E-state index contributed by atoms with van der Waals surface area (Å²) in [6, 6.07) is 8.36. The number of hydrogen-bond acceptors (Lipinski definition) is 5. The molecule has 0 unspecified atom stereocenters. The number of hydrogen-bond donors (Lipinski definition) is 2. The summed E-state index contributed by atoms with van der Waals surface area (Å²) in [4.78, 5) is 26.8. The number of ether oxygens (including phenoxy) is 2. The average Bonchev–Trinajstić information content (AvgIpc) is 3.22. The van der Waals surface area contributed by atoms with Crippen LogP contribution in [0.1, 0.15) is 52.2 Å². The van der Waals surface area contributed by atoms with E-state index in [-0.39, 0.29) is 30.5 Å². The predicted octanol–water partition coefficient (Wildman–Crippen LogP) is 3.68. The lowest BCUT2D eigenvalue weighted by Crippen LogP contribution is -2.42. The molecule has 34 heavy (non-hydrogen) atoms. The number of carbonyl (C=O) groups excluding carboxylic acids is 2. The molecular formula is C25H28F2N2O5. The molecule has 1 saturated heterocycles. The first-order chi connectivity index (χ1) is 16.3. The third kappa shape index (κ3) is 4.64. The normalized spacial score (nSPS) is 18.4. The number of methoxy groups -OCH3 is 2. The Morgan fingerprint density at radius 3 is 2.74 bits per heavy atom. The molecule has 2 aromatic rings. The van der Waals surface area contributed by atoms with Crippen LogP contribution in [0.2, 0.25) is 0 Å². The number of likely N-dealkylation sites (tertiary alicyclic amines) is 1. The van der Waals surface area contributed by atoms with Crippen molar-refractivity contribution in [1.29, 1.82) is 0 Å². The molecule has 7 nitrogen and oxygen atoms in total. The van der Waals surface area contributed by atoms with Crippen molar-refractivity contribution in [1.82, 2.24) is 10.2 Å². The summed E-state index contributed by atoms with van der Waals surface area (Å²) < 4.78 is 37.4. The van der Waals surface area contributed by atoms with E-state index < -0.39 is 18.3 Å². The number of aromatic hydroxyl groups is 1. The maximum atomic E-state index is 13.3. The molecule has 2 aliphatic heterocycles. The Hall–Kier alpha value is -3.36. The van der Waals surface area contributed by atoms with Gasteiger partial charge in [-0.05, 0) is 30.0 Å². The second-order valence-electron chi connectivity index (χ2n) is 8.69. The molecule has 9 heteroatoms. The van der Waals surface area contributed by atoms with Gasteiger partial charge in [-0.15, -0.1) is 0 Å². The van der Waals surface area contributed by atoms with Crippen LogP contribution in [-0.4, -0.2) is 55.6 Å². The maximum Gasteiger partial charge on any atom is 0.251 e. The van der Waals surface area contributed by atoms with Gasteiger partial charge in [-0.25, -0.2) is 8.78 Å². The molecule has 0 bridgehead atoms. The molecule has 2 N–H and O–H groups in total. The van der Waals surface area contributed by atoms with Gasteiger partial charge in [0.2, 0.25) is 12.3 Å². The predicted molar refractivity (Wildman–Crippen MR) is 121 cm³/mol. The van der Waals surface area contributed by atoms with Gasteiger partial charge in [0, 0.05) is 61.2 Å². The molecular weight excluding hydrogens is 446 g/mol. The van der Waals surface area contributed by atoms with Crippen LogP contribution >= 0.6 is 0 Å². The Bertz CT molecular complexity index is 1090. The zero-order valence-corrected chi connectivity index (χ0v) is 19.1. The van der Waals surface area contributed by atoms with Crippen LogP contribution in [0.15, 0.2) is 30.3 Å². The minimum Gasteiger partial charge on any atom is -0.507 e. The van der Waals surface area contributed by atoms with Gasteiger partial charge >= 0.3 is 0 Å². The van der Waals surface area contributed by atoms with Crippen molar-refractivity contribution in [3.63, 3.8) is 0 Å². The monoisotopic (exact) mass is 474 g/mol. The van der Waals surface area contributed by atoms with Crippen molar-refractivity contribution < 1.29 is 33.0 Å². The molecule has 2 aromatic carbocycles. The molecule has 0 spiro atoms. The highest BCUT2D eigenvalue weighted by Crippen LogP contribution is 2.44. The lowest BCUT2D eigenvalue weighted by Gasteiger charge is -2.33. The van der Waals surface area contributed by atoms with E-state index in [0.29, 0.717) is 54.1 Å². The van der Waals surface area contributed by atoms with Gasteiger partial charge < -0.3 is 24.8 Å². The van der Waals surface area contributed by atoms with Crippen molar-refractivity contribution >= 4 is 11.8 Å². The van der Waals surface area contributed by atoms with Crippen LogP contribution < -0.4 is 14.8 Å². The zero-order valence-electron chi connectivity index (χ0n) is 19.1. The summed E-state index contributed by atoms with van der Waals surface area (Å²) in [6.45, 7) is 0.803. The fraction of sp³-hybridized carbons (Fsp3) is 0.440. The van der Waals surface area contributed by atoms with Gasteiger partial charge in [-0.1, -0.05) is 12.1 Å². The summed E-state index contributed by atoms with van der Waals surface area (Å²) in [7, 11) is 2.93. The number of rotatable bonds is 7. The van der Waals surface area contributed by atoms with Gasteiger partial charge in [0.05, 0.1) is 14.2 Å². The van der Waals surface area contributed by atoms with Gasteiger partial charge in [0.15, 0.2) is 0 Å². The number of phenolic OH excluding ortho intramolecular Hbond substituents is 1. The Morgan fingerprint density at radius 1 is 1.24 bits per heavy atom. The SMILES string of the molecule is COc1cc(O)c([C@H](CC(=O)N2CCC[C@@H](C(F)F)C2)c2ccc3c(c2)CNC3=O)c(OC)c1. The molecule has 0 radical (unpaired) electrons. The van der Waals surface area contributed by atoms with Crippen molar-refractivity contribution in [3.8, 4) is 17.2 Å². The van der Waals surface area contributed by atoms with E-state index in [0.717, 1.165) is 5.56 Å². The number of amides is 2. The molecule has 0 aromatic heterocycles. The highest BCUT2D eigenvalue weighted by molar-refractivity contribution is 5.98. The van der Waals surface area contributed by atoms with E-state index in [2.05, 4.69) is 5.32 Å². The Balaban J connectivity index is 1.73. The zero-order chi connectivity index (χ0) is 24.4. The van der Waals surface area contributed by atoms with E-state index in [4.69, 9.17) is 9.47 Å².